The minimum Gasteiger partial charge on any atom is -0.325 e. The Morgan fingerprint density at radius 3 is 2.23 bits per heavy atom. The first-order chi connectivity index (χ1) is 14.1. The van der Waals surface area contributed by atoms with Gasteiger partial charge in [0.1, 0.15) is 0 Å². The summed E-state index contributed by atoms with van der Waals surface area (Å²) in [6, 6.07) is 14.6. The summed E-state index contributed by atoms with van der Waals surface area (Å²) >= 11 is 3.42. The van der Waals surface area contributed by atoms with Crippen LogP contribution in [-0.4, -0.2) is 51.4 Å². The number of hydrogen-bond donors (Lipinski definition) is 2. The van der Waals surface area contributed by atoms with Crippen molar-refractivity contribution in [3.8, 4) is 0 Å². The van der Waals surface area contributed by atoms with Crippen LogP contribution in [0.25, 0.3) is 0 Å². The minimum absolute atomic E-state index is 0.0206. The van der Waals surface area contributed by atoms with Gasteiger partial charge in [-0.15, -0.1) is 0 Å². The molecule has 1 fully saturated rings. The lowest BCUT2D eigenvalue weighted by Gasteiger charge is -2.31. The lowest BCUT2D eigenvalue weighted by Crippen LogP contribution is -3.15. The molecule has 6 nitrogen and oxygen atoms in total. The SMILES string of the molecule is CC(C)(C)c1ccc(S(=O)(=O)N2CC[NH+](CC(=O)Nc3ccccc3Br)CC2)cc1. The number of sulfonamides is 1. The van der Waals surface area contributed by atoms with E-state index in [4.69, 9.17) is 0 Å². The average Bonchev–Trinajstić information content (AvgIpc) is 2.69. The first-order valence-electron chi connectivity index (χ1n) is 10.1. The predicted molar refractivity (Wildman–Crippen MR) is 122 cm³/mol. The molecule has 0 bridgehead atoms. The minimum atomic E-state index is -3.52. The fourth-order valence-corrected chi connectivity index (χ4v) is 5.30. The Morgan fingerprint density at radius 1 is 1.07 bits per heavy atom. The van der Waals surface area contributed by atoms with Crippen molar-refractivity contribution < 1.29 is 18.1 Å². The average molecular weight is 495 g/mol. The van der Waals surface area contributed by atoms with Crippen molar-refractivity contribution in [1.29, 1.82) is 0 Å². The van der Waals surface area contributed by atoms with E-state index in [2.05, 4.69) is 42.0 Å². The smallest absolute Gasteiger partial charge is 0.279 e. The molecule has 8 heteroatoms. The number of quaternary nitrogens is 1. The van der Waals surface area contributed by atoms with Gasteiger partial charge in [-0.3, -0.25) is 4.79 Å². The van der Waals surface area contributed by atoms with Gasteiger partial charge in [0.2, 0.25) is 10.0 Å². The van der Waals surface area contributed by atoms with Gasteiger partial charge in [0.05, 0.1) is 36.8 Å². The van der Waals surface area contributed by atoms with Crippen molar-refractivity contribution in [2.24, 2.45) is 0 Å². The second kappa shape index (κ2) is 9.18. The first-order valence-corrected chi connectivity index (χ1v) is 12.3. The summed E-state index contributed by atoms with van der Waals surface area (Å²) in [7, 11) is -3.52. The number of rotatable bonds is 5. The molecule has 0 unspecified atom stereocenters. The normalized spacial score (nSPS) is 16.4. The van der Waals surface area contributed by atoms with Gasteiger partial charge in [0.15, 0.2) is 6.54 Å². The number of halogens is 1. The highest BCUT2D eigenvalue weighted by Crippen LogP contribution is 2.24. The lowest BCUT2D eigenvalue weighted by molar-refractivity contribution is -0.895. The van der Waals surface area contributed by atoms with Gasteiger partial charge in [0, 0.05) is 4.47 Å². The van der Waals surface area contributed by atoms with Gasteiger partial charge >= 0.3 is 0 Å². The number of hydrogen-bond acceptors (Lipinski definition) is 3. The van der Waals surface area contributed by atoms with Gasteiger partial charge in [-0.05, 0) is 51.2 Å². The molecular formula is C22H29BrN3O3S+. The first kappa shape index (κ1) is 22.9. The number of amides is 1. The molecule has 30 heavy (non-hydrogen) atoms. The van der Waals surface area contributed by atoms with Crippen LogP contribution in [-0.2, 0) is 20.2 Å². The second-order valence-corrected chi connectivity index (χ2v) is 11.4. The molecule has 2 N–H and O–H groups in total. The number of nitrogens with one attached hydrogen (secondary N) is 2. The zero-order valence-electron chi connectivity index (χ0n) is 17.6. The molecule has 0 saturated carbocycles. The summed E-state index contributed by atoms with van der Waals surface area (Å²) < 4.78 is 28.3. The fourth-order valence-electron chi connectivity index (χ4n) is 3.48. The third-order valence-corrected chi connectivity index (χ3v) is 7.95. The third kappa shape index (κ3) is 5.49. The second-order valence-electron chi connectivity index (χ2n) is 8.63. The summed E-state index contributed by atoms with van der Waals surface area (Å²) in [4.78, 5) is 13.8. The molecule has 1 heterocycles. The Labute approximate surface area is 187 Å². The Bertz CT molecular complexity index is 993. The molecule has 1 aliphatic heterocycles. The lowest BCUT2D eigenvalue weighted by atomic mass is 9.87. The Hall–Kier alpha value is -1.74. The van der Waals surface area contributed by atoms with Crippen LogP contribution >= 0.6 is 15.9 Å². The van der Waals surface area contributed by atoms with Crippen molar-refractivity contribution >= 4 is 37.5 Å². The number of piperazine rings is 1. The maximum Gasteiger partial charge on any atom is 0.279 e. The van der Waals surface area contributed by atoms with Crippen LogP contribution in [0.4, 0.5) is 5.69 Å². The molecule has 1 saturated heterocycles. The molecule has 1 amide bonds. The van der Waals surface area contributed by atoms with Crippen LogP contribution in [0, 0.1) is 0 Å². The number of benzene rings is 2. The maximum atomic E-state index is 13.0. The fraction of sp³-hybridized carbons (Fsp3) is 0.409. The molecule has 0 atom stereocenters. The van der Waals surface area contributed by atoms with Crippen molar-refractivity contribution in [2.45, 2.75) is 31.1 Å². The van der Waals surface area contributed by atoms with Crippen molar-refractivity contribution in [3.05, 3.63) is 58.6 Å². The number of nitrogens with zero attached hydrogens (tertiary/aromatic N) is 1. The van der Waals surface area contributed by atoms with E-state index in [9.17, 15) is 13.2 Å². The van der Waals surface area contributed by atoms with E-state index in [0.717, 1.165) is 20.6 Å². The van der Waals surface area contributed by atoms with Crippen LogP contribution in [0.5, 0.6) is 0 Å². The standard InChI is InChI=1S/C22H28BrN3O3S/c1-22(2,3)17-8-10-18(11-9-17)30(28,29)26-14-12-25(13-15-26)16-21(27)24-20-7-5-4-6-19(20)23/h4-11H,12-16H2,1-3H3,(H,24,27)/p+1. The number of anilines is 1. The van der Waals surface area contributed by atoms with E-state index >= 15 is 0 Å². The quantitative estimate of drug-likeness (QED) is 0.669. The molecule has 162 valence electrons. The molecule has 0 spiro atoms. The topological polar surface area (TPSA) is 70.9 Å². The zero-order valence-corrected chi connectivity index (χ0v) is 20.0. The maximum absolute atomic E-state index is 13.0. The summed E-state index contributed by atoms with van der Waals surface area (Å²) in [5.74, 6) is -0.0778. The molecule has 3 rings (SSSR count). The summed E-state index contributed by atoms with van der Waals surface area (Å²) in [5.41, 5.74) is 1.82. The van der Waals surface area contributed by atoms with Gasteiger partial charge in [0.25, 0.3) is 5.91 Å². The number of para-hydroxylation sites is 1. The zero-order chi connectivity index (χ0) is 21.9. The Morgan fingerprint density at radius 2 is 1.67 bits per heavy atom. The Balaban J connectivity index is 1.56. The molecule has 2 aromatic carbocycles. The van der Waals surface area contributed by atoms with Crippen LogP contribution in [0.1, 0.15) is 26.3 Å². The highest BCUT2D eigenvalue weighted by molar-refractivity contribution is 9.10. The summed E-state index contributed by atoms with van der Waals surface area (Å²) in [5, 5.41) is 2.90. The van der Waals surface area contributed by atoms with Crippen LogP contribution in [0.2, 0.25) is 0 Å². The van der Waals surface area contributed by atoms with Crippen molar-refractivity contribution in [3.63, 3.8) is 0 Å². The largest absolute Gasteiger partial charge is 0.325 e. The van der Waals surface area contributed by atoms with Gasteiger partial charge in [-0.1, -0.05) is 45.0 Å². The molecular weight excluding hydrogens is 466 g/mol. The van der Waals surface area contributed by atoms with Gasteiger partial charge in [-0.25, -0.2) is 8.42 Å². The Kier molecular flexibility index (Phi) is 7.02. The van der Waals surface area contributed by atoms with Gasteiger partial charge in [-0.2, -0.15) is 4.31 Å². The van der Waals surface area contributed by atoms with E-state index in [0.29, 0.717) is 37.6 Å². The highest BCUT2D eigenvalue weighted by atomic mass is 79.9. The molecule has 0 radical (unpaired) electrons. The molecule has 0 aliphatic carbocycles. The predicted octanol–water partition coefficient (Wildman–Crippen LogP) is 2.27. The van der Waals surface area contributed by atoms with Crippen LogP contribution in [0.3, 0.4) is 0 Å². The summed E-state index contributed by atoms with van der Waals surface area (Å²) in [6.45, 7) is 8.63. The third-order valence-electron chi connectivity index (χ3n) is 5.35. The van der Waals surface area contributed by atoms with Crippen LogP contribution in [0.15, 0.2) is 57.9 Å². The monoisotopic (exact) mass is 494 g/mol. The highest BCUT2D eigenvalue weighted by Gasteiger charge is 2.31. The van der Waals surface area contributed by atoms with E-state index < -0.39 is 10.0 Å². The van der Waals surface area contributed by atoms with E-state index in [1.165, 1.54) is 4.31 Å². The van der Waals surface area contributed by atoms with Crippen molar-refractivity contribution in [1.82, 2.24) is 4.31 Å². The molecule has 2 aromatic rings. The molecule has 1 aliphatic rings. The van der Waals surface area contributed by atoms with E-state index in [-0.39, 0.29) is 11.3 Å². The van der Waals surface area contributed by atoms with E-state index in [1.54, 1.807) is 12.1 Å². The van der Waals surface area contributed by atoms with E-state index in [1.807, 2.05) is 36.4 Å². The summed E-state index contributed by atoms with van der Waals surface area (Å²) in [6.07, 6.45) is 0. The van der Waals surface area contributed by atoms with Gasteiger partial charge < -0.3 is 10.2 Å². The number of carbonyl (C=O) groups excluding carboxylic acids is 1. The number of carbonyl (C=O) groups is 1. The van der Waals surface area contributed by atoms with Crippen molar-refractivity contribution in [2.75, 3.05) is 38.0 Å². The molecule has 0 aromatic heterocycles. The van der Waals surface area contributed by atoms with Crippen LogP contribution < -0.4 is 10.2 Å².